The summed E-state index contributed by atoms with van der Waals surface area (Å²) in [6.45, 7) is 1.77. The van der Waals surface area contributed by atoms with Gasteiger partial charge in [-0.25, -0.2) is 0 Å². The number of carbonyl (C=O) groups excluding carboxylic acids is 1. The van der Waals surface area contributed by atoms with Gasteiger partial charge in [0.25, 0.3) is 5.91 Å². The van der Waals surface area contributed by atoms with Gasteiger partial charge in [0.1, 0.15) is 12.3 Å². The smallest absolute Gasteiger partial charge is 0.323 e. The first-order valence-electron chi connectivity index (χ1n) is 5.45. The van der Waals surface area contributed by atoms with Crippen LogP contribution in [0.15, 0.2) is 18.2 Å². The van der Waals surface area contributed by atoms with E-state index in [0.717, 1.165) is 0 Å². The molecule has 0 aromatic heterocycles. The highest BCUT2D eigenvalue weighted by Crippen LogP contribution is 2.22. The van der Waals surface area contributed by atoms with Crippen molar-refractivity contribution in [3.8, 4) is 5.75 Å². The van der Waals surface area contributed by atoms with Gasteiger partial charge in [0.05, 0.1) is 10.6 Å². The van der Waals surface area contributed by atoms with Gasteiger partial charge in [0, 0.05) is 6.54 Å². The van der Waals surface area contributed by atoms with E-state index >= 15 is 0 Å². The summed E-state index contributed by atoms with van der Waals surface area (Å²) in [5.41, 5.74) is 0.103. The van der Waals surface area contributed by atoms with Crippen molar-refractivity contribution in [2.24, 2.45) is 0 Å². The zero-order valence-electron chi connectivity index (χ0n) is 9.89. The Labute approximate surface area is 110 Å². The number of hydrogen-bond donors (Lipinski definition) is 2. The molecular formula is C12H14ClNO4. The summed E-state index contributed by atoms with van der Waals surface area (Å²) in [7, 11) is 0. The first-order chi connectivity index (χ1) is 8.45. The van der Waals surface area contributed by atoms with Gasteiger partial charge in [-0.15, -0.1) is 0 Å². The van der Waals surface area contributed by atoms with Crippen molar-refractivity contribution in [3.05, 3.63) is 28.8 Å². The van der Waals surface area contributed by atoms with E-state index < -0.39 is 18.4 Å². The Hall–Kier alpha value is -1.75. The number of benzene rings is 1. The second kappa shape index (κ2) is 6.26. The molecule has 0 aliphatic carbocycles. The van der Waals surface area contributed by atoms with Crippen LogP contribution in [-0.2, 0) is 4.79 Å². The van der Waals surface area contributed by atoms with Crippen molar-refractivity contribution in [2.75, 3.05) is 13.1 Å². The standard InChI is InChI=1S/C12H14ClNO4/c1-2-5-14(7-11(16)17)12(18)9-6-8(15)3-4-10(9)13/h3-4,6,15H,2,5,7H2,1H3,(H,16,17). The van der Waals surface area contributed by atoms with E-state index in [1.165, 1.54) is 23.1 Å². The van der Waals surface area contributed by atoms with Crippen LogP contribution in [0.1, 0.15) is 23.7 Å². The van der Waals surface area contributed by atoms with Crippen LogP contribution in [-0.4, -0.2) is 40.1 Å². The molecule has 0 saturated heterocycles. The zero-order valence-corrected chi connectivity index (χ0v) is 10.6. The molecule has 1 rings (SSSR count). The molecule has 0 heterocycles. The van der Waals surface area contributed by atoms with Gasteiger partial charge in [0.15, 0.2) is 0 Å². The normalized spacial score (nSPS) is 10.1. The molecule has 98 valence electrons. The summed E-state index contributed by atoms with van der Waals surface area (Å²) in [4.78, 5) is 24.0. The van der Waals surface area contributed by atoms with Gasteiger partial charge in [-0.1, -0.05) is 18.5 Å². The molecule has 1 aromatic carbocycles. The van der Waals surface area contributed by atoms with Crippen molar-refractivity contribution < 1.29 is 19.8 Å². The fourth-order valence-corrected chi connectivity index (χ4v) is 1.73. The number of nitrogens with zero attached hydrogens (tertiary/aromatic N) is 1. The number of carboxylic acid groups (broad SMARTS) is 1. The molecule has 0 bridgehead atoms. The average molecular weight is 272 g/mol. The van der Waals surface area contributed by atoms with Gasteiger partial charge in [0.2, 0.25) is 0 Å². The summed E-state index contributed by atoms with van der Waals surface area (Å²) in [6, 6.07) is 3.99. The molecule has 0 atom stereocenters. The molecule has 0 saturated carbocycles. The number of carbonyl (C=O) groups is 2. The van der Waals surface area contributed by atoms with Gasteiger partial charge < -0.3 is 15.1 Å². The molecule has 0 fully saturated rings. The Morgan fingerprint density at radius 3 is 2.61 bits per heavy atom. The largest absolute Gasteiger partial charge is 0.508 e. The zero-order chi connectivity index (χ0) is 13.7. The Kier molecular flexibility index (Phi) is 4.97. The van der Waals surface area contributed by atoms with Crippen molar-refractivity contribution in [1.29, 1.82) is 0 Å². The van der Waals surface area contributed by atoms with Crippen molar-refractivity contribution in [2.45, 2.75) is 13.3 Å². The maximum Gasteiger partial charge on any atom is 0.323 e. The Bertz CT molecular complexity index is 461. The number of carboxylic acids is 1. The quantitative estimate of drug-likeness (QED) is 0.858. The van der Waals surface area contributed by atoms with E-state index in [2.05, 4.69) is 0 Å². The number of aliphatic carboxylic acids is 1. The number of phenolic OH excluding ortho intramolecular Hbond substituents is 1. The topological polar surface area (TPSA) is 77.8 Å². The van der Waals surface area contributed by atoms with Crippen molar-refractivity contribution in [1.82, 2.24) is 4.90 Å². The third-order valence-electron chi connectivity index (χ3n) is 2.29. The van der Waals surface area contributed by atoms with E-state index in [4.69, 9.17) is 16.7 Å². The van der Waals surface area contributed by atoms with Crippen LogP contribution in [0.2, 0.25) is 5.02 Å². The monoisotopic (exact) mass is 271 g/mol. The molecule has 0 radical (unpaired) electrons. The Balaban J connectivity index is 3.01. The third-order valence-corrected chi connectivity index (χ3v) is 2.62. The minimum absolute atomic E-state index is 0.0884. The van der Waals surface area contributed by atoms with Gasteiger partial charge in [-0.2, -0.15) is 0 Å². The SMILES string of the molecule is CCCN(CC(=O)O)C(=O)c1cc(O)ccc1Cl. The van der Waals surface area contributed by atoms with Crippen LogP contribution >= 0.6 is 11.6 Å². The van der Waals surface area contributed by atoms with Crippen LogP contribution in [0.4, 0.5) is 0 Å². The Morgan fingerprint density at radius 1 is 1.39 bits per heavy atom. The molecule has 0 unspecified atom stereocenters. The van der Waals surface area contributed by atoms with Crippen molar-refractivity contribution >= 4 is 23.5 Å². The van der Waals surface area contributed by atoms with Crippen molar-refractivity contribution in [3.63, 3.8) is 0 Å². The number of amides is 1. The predicted octanol–water partition coefficient (Wildman–Crippen LogP) is 1.98. The predicted molar refractivity (Wildman–Crippen MR) is 66.9 cm³/mol. The van der Waals surface area contributed by atoms with Crippen LogP contribution in [0.25, 0.3) is 0 Å². The first-order valence-corrected chi connectivity index (χ1v) is 5.83. The molecule has 0 aliphatic heterocycles. The maximum absolute atomic E-state index is 12.1. The lowest BCUT2D eigenvalue weighted by atomic mass is 10.1. The summed E-state index contributed by atoms with van der Waals surface area (Å²) in [5.74, 6) is -1.68. The minimum Gasteiger partial charge on any atom is -0.508 e. The summed E-state index contributed by atoms with van der Waals surface area (Å²) < 4.78 is 0. The average Bonchev–Trinajstić information content (AvgIpc) is 2.30. The molecule has 0 aliphatic rings. The van der Waals surface area contributed by atoms with Gasteiger partial charge in [-0.3, -0.25) is 9.59 Å². The van der Waals surface area contributed by atoms with Crippen LogP contribution in [0, 0.1) is 0 Å². The summed E-state index contributed by atoms with van der Waals surface area (Å²) in [6.07, 6.45) is 0.634. The highest BCUT2D eigenvalue weighted by atomic mass is 35.5. The second-order valence-electron chi connectivity index (χ2n) is 3.78. The molecule has 2 N–H and O–H groups in total. The summed E-state index contributed by atoms with van der Waals surface area (Å²) >= 11 is 5.87. The van der Waals surface area contributed by atoms with E-state index in [9.17, 15) is 14.7 Å². The fourth-order valence-electron chi connectivity index (χ4n) is 1.53. The lowest BCUT2D eigenvalue weighted by Gasteiger charge is -2.20. The number of halogens is 1. The number of hydrogen-bond acceptors (Lipinski definition) is 3. The molecule has 1 aromatic rings. The maximum atomic E-state index is 12.1. The number of phenols is 1. The van der Waals surface area contributed by atoms with E-state index in [-0.39, 0.29) is 16.3 Å². The van der Waals surface area contributed by atoms with Gasteiger partial charge in [-0.05, 0) is 24.6 Å². The highest BCUT2D eigenvalue weighted by molar-refractivity contribution is 6.33. The number of aromatic hydroxyl groups is 1. The van der Waals surface area contributed by atoms with E-state index in [1.54, 1.807) is 0 Å². The second-order valence-corrected chi connectivity index (χ2v) is 4.19. The van der Waals surface area contributed by atoms with Crippen LogP contribution in [0.3, 0.4) is 0 Å². The first kappa shape index (κ1) is 14.3. The molecule has 1 amide bonds. The summed E-state index contributed by atoms with van der Waals surface area (Å²) in [5, 5.41) is 18.3. The lowest BCUT2D eigenvalue weighted by molar-refractivity contribution is -0.137. The lowest BCUT2D eigenvalue weighted by Crippen LogP contribution is -2.36. The third kappa shape index (κ3) is 3.63. The number of rotatable bonds is 5. The molecule has 18 heavy (non-hydrogen) atoms. The van der Waals surface area contributed by atoms with E-state index in [0.29, 0.717) is 13.0 Å². The minimum atomic E-state index is -1.09. The van der Waals surface area contributed by atoms with Crippen LogP contribution < -0.4 is 0 Å². The fraction of sp³-hybridized carbons (Fsp3) is 0.333. The van der Waals surface area contributed by atoms with Crippen LogP contribution in [0.5, 0.6) is 5.75 Å². The molecule has 5 nitrogen and oxygen atoms in total. The van der Waals surface area contributed by atoms with E-state index in [1.807, 2.05) is 6.92 Å². The Morgan fingerprint density at radius 2 is 2.06 bits per heavy atom. The molecule has 0 spiro atoms. The van der Waals surface area contributed by atoms with Gasteiger partial charge >= 0.3 is 5.97 Å². The molecule has 6 heteroatoms. The highest BCUT2D eigenvalue weighted by Gasteiger charge is 2.20. The molecular weight excluding hydrogens is 258 g/mol.